The topological polar surface area (TPSA) is 159 Å². The van der Waals surface area contributed by atoms with Gasteiger partial charge < -0.3 is 41.4 Å². The van der Waals surface area contributed by atoms with Crippen molar-refractivity contribution < 1.29 is 19.8 Å². The lowest BCUT2D eigenvalue weighted by atomic mass is 10.0. The molecule has 11 nitrogen and oxygen atoms in total. The molecule has 6 rings (SSSR count). The highest BCUT2D eigenvalue weighted by Crippen LogP contribution is 2.29. The van der Waals surface area contributed by atoms with Gasteiger partial charge in [0.05, 0.1) is 17.3 Å². The van der Waals surface area contributed by atoms with E-state index in [9.17, 15) is 24.6 Å². The van der Waals surface area contributed by atoms with Crippen LogP contribution >= 0.6 is 0 Å². The maximum atomic E-state index is 12.8. The van der Waals surface area contributed by atoms with Crippen molar-refractivity contribution in [2.45, 2.75) is 38.0 Å². The van der Waals surface area contributed by atoms with Gasteiger partial charge in [0.2, 0.25) is 11.5 Å². The molecule has 0 saturated carbocycles. The second-order valence-electron chi connectivity index (χ2n) is 12.6. The van der Waals surface area contributed by atoms with Gasteiger partial charge in [0.1, 0.15) is 5.75 Å². The third kappa shape index (κ3) is 8.94. The number of nitrogens with one attached hydrogen (secondary N) is 5. The number of nitrogens with zero attached hydrogens (tertiary/aromatic N) is 1. The fourth-order valence-electron chi connectivity index (χ4n) is 6.31. The number of carbonyl (C=O) groups excluding carboxylic acids is 2. The molecule has 0 bridgehead atoms. The number of hydrogen-bond acceptors (Lipinski definition) is 7. The Morgan fingerprint density at radius 3 is 2.38 bits per heavy atom. The number of hydrogen-bond donors (Lipinski definition) is 7. The first kappa shape index (κ1) is 34.4. The summed E-state index contributed by atoms with van der Waals surface area (Å²) in [6.07, 6.45) is 1.15. The first-order valence-corrected chi connectivity index (χ1v) is 16.9. The van der Waals surface area contributed by atoms with Crippen LogP contribution in [0.15, 0.2) is 108 Å². The van der Waals surface area contributed by atoms with Gasteiger partial charge in [-0.1, -0.05) is 66.7 Å². The van der Waals surface area contributed by atoms with E-state index in [0.717, 1.165) is 48.3 Å². The lowest BCUT2D eigenvalue weighted by Gasteiger charge is -2.32. The minimum Gasteiger partial charge on any atom is -0.506 e. The number of aromatic nitrogens is 1. The number of para-hydroxylation sites is 1. The van der Waals surface area contributed by atoms with Crippen LogP contribution in [0.5, 0.6) is 5.75 Å². The molecule has 1 aromatic heterocycles. The van der Waals surface area contributed by atoms with E-state index in [0.29, 0.717) is 41.7 Å². The normalized spacial score (nSPS) is 14.3. The van der Waals surface area contributed by atoms with Crippen molar-refractivity contribution in [3.8, 4) is 16.9 Å². The van der Waals surface area contributed by atoms with E-state index >= 15 is 0 Å². The van der Waals surface area contributed by atoms with Crippen molar-refractivity contribution in [1.82, 2.24) is 20.5 Å². The zero-order valence-electron chi connectivity index (χ0n) is 27.7. The third-order valence-corrected chi connectivity index (χ3v) is 9.01. The summed E-state index contributed by atoms with van der Waals surface area (Å²) in [6.45, 7) is 3.02. The molecule has 4 aromatic carbocycles. The van der Waals surface area contributed by atoms with Crippen molar-refractivity contribution >= 4 is 34.2 Å². The van der Waals surface area contributed by atoms with Gasteiger partial charge in [-0.3, -0.25) is 9.59 Å². The van der Waals surface area contributed by atoms with Crippen molar-refractivity contribution in [1.29, 1.82) is 0 Å². The molecule has 5 aromatic rings. The molecule has 1 atom stereocenters. The van der Waals surface area contributed by atoms with Gasteiger partial charge in [-0.05, 0) is 59.9 Å². The molecule has 50 heavy (non-hydrogen) atoms. The molecular formula is C39H42N6O5. The number of carbonyl (C=O) groups is 2. The van der Waals surface area contributed by atoms with Gasteiger partial charge in [0.25, 0.3) is 0 Å². The van der Waals surface area contributed by atoms with E-state index < -0.39 is 6.10 Å². The summed E-state index contributed by atoms with van der Waals surface area (Å²) in [4.78, 5) is 42.0. The Hall–Kier alpha value is -5.49. The molecule has 7 N–H and O–H groups in total. The Labute approximate surface area is 290 Å². The molecular weight excluding hydrogens is 632 g/mol. The second kappa shape index (κ2) is 16.3. The average molecular weight is 675 g/mol. The number of aliphatic hydroxyl groups is 1. The highest BCUT2D eigenvalue weighted by atomic mass is 16.3. The molecule has 0 aliphatic carbocycles. The maximum absolute atomic E-state index is 12.8. The van der Waals surface area contributed by atoms with Crippen LogP contribution in [0.25, 0.3) is 22.0 Å². The van der Waals surface area contributed by atoms with Crippen LogP contribution in [0.4, 0.5) is 16.2 Å². The smallest absolute Gasteiger partial charge is 0.319 e. The zero-order valence-corrected chi connectivity index (χ0v) is 27.7. The van der Waals surface area contributed by atoms with E-state index in [2.05, 4.69) is 31.2 Å². The third-order valence-electron chi connectivity index (χ3n) is 9.01. The van der Waals surface area contributed by atoms with Crippen LogP contribution < -0.4 is 26.8 Å². The number of fused-ring (bicyclic) bond motifs is 1. The number of aromatic amines is 1. The Bertz CT molecular complexity index is 1970. The predicted molar refractivity (Wildman–Crippen MR) is 196 cm³/mol. The highest BCUT2D eigenvalue weighted by Gasteiger charge is 2.22. The van der Waals surface area contributed by atoms with Crippen LogP contribution in [0.3, 0.4) is 0 Å². The standard InChI is InChI=1S/C39H42N6O5/c46-34-16-14-31(32-15-17-36(48)44-38(32)34)35(47)25-40-24-26-10-12-28(13-11-26)41-37(49)20-23-45-21-18-29(19-22-45)42-39(50)43-33-9-5-4-8-30(33)27-6-2-1-3-7-27/h1-17,29,35,40,46-47H,18-25H2,(H,41,49)(H,44,48)(H2,42,43,50)/t35-/m0/s1. The Morgan fingerprint density at radius 1 is 0.860 bits per heavy atom. The number of aliphatic hydroxyl groups excluding tert-OH is 1. The molecule has 0 unspecified atom stereocenters. The molecule has 1 aliphatic heterocycles. The Kier molecular flexibility index (Phi) is 11.2. The van der Waals surface area contributed by atoms with Crippen LogP contribution in [0, 0.1) is 0 Å². The number of piperidine rings is 1. The highest BCUT2D eigenvalue weighted by molar-refractivity contribution is 5.94. The van der Waals surface area contributed by atoms with Gasteiger partial charge in [0, 0.05) is 67.9 Å². The van der Waals surface area contributed by atoms with Crippen molar-refractivity contribution in [2.24, 2.45) is 0 Å². The molecule has 258 valence electrons. The SMILES string of the molecule is O=C(CCN1CCC(NC(=O)Nc2ccccc2-c2ccccc2)CC1)Nc1ccc(CNC[C@H](O)c2ccc(O)c3[nH]c(=O)ccc23)cc1. The van der Waals surface area contributed by atoms with Gasteiger partial charge in [-0.25, -0.2) is 4.79 Å². The number of benzene rings is 4. The van der Waals surface area contributed by atoms with Crippen LogP contribution in [-0.4, -0.2) is 64.3 Å². The van der Waals surface area contributed by atoms with Crippen LogP contribution in [-0.2, 0) is 11.3 Å². The van der Waals surface area contributed by atoms with Crippen LogP contribution in [0.2, 0.25) is 0 Å². The number of phenolic OH excluding ortho intramolecular Hbond substituents is 1. The summed E-state index contributed by atoms with van der Waals surface area (Å²) in [5.41, 5.74) is 5.06. The number of rotatable bonds is 12. The number of urea groups is 1. The van der Waals surface area contributed by atoms with Gasteiger partial charge >= 0.3 is 6.03 Å². The van der Waals surface area contributed by atoms with Crippen LogP contribution in [0.1, 0.15) is 36.5 Å². The summed E-state index contributed by atoms with van der Waals surface area (Å²) < 4.78 is 0. The summed E-state index contributed by atoms with van der Waals surface area (Å²) in [5.74, 6) is -0.107. The molecule has 1 saturated heterocycles. The minimum absolute atomic E-state index is 0.0494. The monoisotopic (exact) mass is 674 g/mol. The van der Waals surface area contributed by atoms with E-state index in [1.807, 2.05) is 78.9 Å². The first-order chi connectivity index (χ1) is 24.3. The summed E-state index contributed by atoms with van der Waals surface area (Å²) in [5, 5.41) is 33.8. The molecule has 11 heteroatoms. The molecule has 3 amide bonds. The lowest BCUT2D eigenvalue weighted by molar-refractivity contribution is -0.116. The number of H-pyrrole nitrogens is 1. The fourth-order valence-corrected chi connectivity index (χ4v) is 6.31. The number of aromatic hydroxyl groups is 1. The van der Waals surface area contributed by atoms with Gasteiger partial charge in [0.15, 0.2) is 0 Å². The number of anilines is 2. The number of pyridine rings is 1. The maximum Gasteiger partial charge on any atom is 0.319 e. The van der Waals surface area contributed by atoms with Gasteiger partial charge in [-0.15, -0.1) is 0 Å². The summed E-state index contributed by atoms with van der Waals surface area (Å²) in [6, 6.07) is 31.2. The molecule has 1 fully saturated rings. The fraction of sp³-hybridized carbons (Fsp3) is 0.256. The Morgan fingerprint density at radius 2 is 1.60 bits per heavy atom. The summed E-state index contributed by atoms with van der Waals surface area (Å²) in [7, 11) is 0. The molecule has 1 aliphatic rings. The number of phenols is 1. The molecule has 0 radical (unpaired) electrons. The largest absolute Gasteiger partial charge is 0.506 e. The molecule has 0 spiro atoms. The van der Waals surface area contributed by atoms with E-state index in [1.54, 1.807) is 12.1 Å². The average Bonchev–Trinajstić information content (AvgIpc) is 3.13. The van der Waals surface area contributed by atoms with Crippen molar-refractivity contribution in [3.63, 3.8) is 0 Å². The molecule has 2 heterocycles. The van der Waals surface area contributed by atoms with E-state index in [4.69, 9.17) is 0 Å². The predicted octanol–water partition coefficient (Wildman–Crippen LogP) is 5.34. The number of likely N-dealkylation sites (tertiary alicyclic amines) is 1. The number of amides is 3. The zero-order chi connectivity index (χ0) is 34.9. The quantitative estimate of drug-likeness (QED) is 0.0942. The lowest BCUT2D eigenvalue weighted by Crippen LogP contribution is -2.46. The minimum atomic E-state index is -0.850. The Balaban J connectivity index is 0.886. The van der Waals surface area contributed by atoms with Crippen molar-refractivity contribution in [2.75, 3.05) is 36.8 Å². The van der Waals surface area contributed by atoms with E-state index in [1.165, 1.54) is 12.1 Å². The van der Waals surface area contributed by atoms with Gasteiger partial charge in [-0.2, -0.15) is 0 Å². The van der Waals surface area contributed by atoms with E-state index in [-0.39, 0.29) is 35.8 Å². The van der Waals surface area contributed by atoms with Crippen molar-refractivity contribution in [3.05, 3.63) is 125 Å². The summed E-state index contributed by atoms with van der Waals surface area (Å²) >= 11 is 0. The second-order valence-corrected chi connectivity index (χ2v) is 12.6. The first-order valence-electron chi connectivity index (χ1n) is 16.9.